The summed E-state index contributed by atoms with van der Waals surface area (Å²) in [5, 5.41) is 22.2. The van der Waals surface area contributed by atoms with Gasteiger partial charge in [-0.1, -0.05) is 11.6 Å². The van der Waals surface area contributed by atoms with Gasteiger partial charge in [-0.15, -0.1) is 10.2 Å². The minimum absolute atomic E-state index is 0.0400. The SMILES string of the molecule is CC(=O)O.O=C(N[C@@H]1CN2CCCC[C@@]2(C(=O)NCC2=CCCCC2)C1)c1nnc2n1CCCC2. The Morgan fingerprint density at radius 2 is 1.86 bits per heavy atom. The van der Waals surface area contributed by atoms with Crippen molar-refractivity contribution in [1.29, 1.82) is 0 Å². The van der Waals surface area contributed by atoms with Crippen LogP contribution in [0.4, 0.5) is 0 Å². The number of carboxylic acid groups (broad SMARTS) is 1. The zero-order valence-electron chi connectivity index (χ0n) is 20.7. The molecule has 192 valence electrons. The second kappa shape index (κ2) is 11.3. The van der Waals surface area contributed by atoms with Crippen molar-refractivity contribution in [1.82, 2.24) is 30.3 Å². The van der Waals surface area contributed by atoms with Crippen molar-refractivity contribution in [2.24, 2.45) is 0 Å². The van der Waals surface area contributed by atoms with E-state index in [1.54, 1.807) is 0 Å². The van der Waals surface area contributed by atoms with Crippen molar-refractivity contribution in [3.8, 4) is 0 Å². The van der Waals surface area contributed by atoms with Crippen LogP contribution in [0.2, 0.25) is 0 Å². The van der Waals surface area contributed by atoms with Crippen molar-refractivity contribution < 1.29 is 19.5 Å². The Hall–Kier alpha value is -2.75. The molecule has 1 aromatic rings. The second-order valence-electron chi connectivity index (χ2n) is 10.2. The van der Waals surface area contributed by atoms with E-state index in [4.69, 9.17) is 9.90 Å². The fourth-order valence-electron chi connectivity index (χ4n) is 5.92. The zero-order valence-corrected chi connectivity index (χ0v) is 20.7. The highest BCUT2D eigenvalue weighted by Gasteiger charge is 2.52. The molecule has 0 radical (unpaired) electrons. The maximum atomic E-state index is 13.4. The largest absolute Gasteiger partial charge is 0.481 e. The Bertz CT molecular complexity index is 969. The smallest absolute Gasteiger partial charge is 0.300 e. The molecular weight excluding hydrogens is 448 g/mol. The minimum atomic E-state index is -0.833. The van der Waals surface area contributed by atoms with Crippen LogP contribution in [-0.4, -0.2) is 73.8 Å². The molecule has 3 aliphatic heterocycles. The summed E-state index contributed by atoms with van der Waals surface area (Å²) < 4.78 is 1.96. The van der Waals surface area contributed by atoms with Gasteiger partial charge in [-0.3, -0.25) is 19.3 Å². The van der Waals surface area contributed by atoms with Gasteiger partial charge < -0.3 is 20.3 Å². The number of carboxylic acids is 1. The highest BCUT2D eigenvalue weighted by molar-refractivity contribution is 5.91. The fourth-order valence-corrected chi connectivity index (χ4v) is 5.92. The van der Waals surface area contributed by atoms with E-state index >= 15 is 0 Å². The topological polar surface area (TPSA) is 129 Å². The molecule has 0 bridgehead atoms. The van der Waals surface area contributed by atoms with E-state index in [2.05, 4.69) is 31.8 Å². The minimum Gasteiger partial charge on any atom is -0.481 e. The quantitative estimate of drug-likeness (QED) is 0.543. The lowest BCUT2D eigenvalue weighted by Crippen LogP contribution is -2.57. The molecule has 1 aliphatic carbocycles. The lowest BCUT2D eigenvalue weighted by Gasteiger charge is -2.40. The van der Waals surface area contributed by atoms with Crippen molar-refractivity contribution in [2.45, 2.75) is 95.7 Å². The van der Waals surface area contributed by atoms with Gasteiger partial charge in [0.1, 0.15) is 11.4 Å². The van der Waals surface area contributed by atoms with E-state index in [-0.39, 0.29) is 17.9 Å². The number of hydrogen-bond acceptors (Lipinski definition) is 6. The molecule has 2 saturated heterocycles. The lowest BCUT2D eigenvalue weighted by molar-refractivity contribution is -0.135. The summed E-state index contributed by atoms with van der Waals surface area (Å²) in [6, 6.07) is -0.0400. The van der Waals surface area contributed by atoms with Crippen LogP contribution in [0, 0.1) is 0 Å². The number of aromatic nitrogens is 3. The van der Waals surface area contributed by atoms with Crippen LogP contribution in [0.15, 0.2) is 11.6 Å². The summed E-state index contributed by atoms with van der Waals surface area (Å²) in [6.45, 7) is 4.20. The molecule has 2 atom stereocenters. The van der Waals surface area contributed by atoms with Gasteiger partial charge in [0, 0.05) is 39.0 Å². The van der Waals surface area contributed by atoms with Gasteiger partial charge in [0.25, 0.3) is 11.9 Å². The van der Waals surface area contributed by atoms with Gasteiger partial charge in [0.2, 0.25) is 11.7 Å². The number of nitrogens with one attached hydrogen (secondary N) is 2. The third-order valence-corrected chi connectivity index (χ3v) is 7.58. The molecular formula is C25H38N6O4. The third-order valence-electron chi connectivity index (χ3n) is 7.58. The predicted molar refractivity (Wildman–Crippen MR) is 130 cm³/mol. The molecule has 2 fully saturated rings. The van der Waals surface area contributed by atoms with Crippen LogP contribution in [0.25, 0.3) is 0 Å². The molecule has 2 amide bonds. The van der Waals surface area contributed by atoms with Crippen molar-refractivity contribution >= 4 is 17.8 Å². The Balaban J connectivity index is 0.000000672. The van der Waals surface area contributed by atoms with Crippen molar-refractivity contribution in [3.05, 3.63) is 23.3 Å². The summed E-state index contributed by atoms with van der Waals surface area (Å²) in [5.74, 6) is 0.471. The summed E-state index contributed by atoms with van der Waals surface area (Å²) in [7, 11) is 0. The van der Waals surface area contributed by atoms with Crippen LogP contribution in [-0.2, 0) is 22.6 Å². The first-order valence-corrected chi connectivity index (χ1v) is 13.0. The number of rotatable bonds is 5. The molecule has 35 heavy (non-hydrogen) atoms. The van der Waals surface area contributed by atoms with E-state index in [1.807, 2.05) is 4.57 Å². The van der Waals surface area contributed by atoms with E-state index in [0.29, 0.717) is 18.8 Å². The zero-order chi connectivity index (χ0) is 24.8. The molecule has 1 aromatic heterocycles. The molecule has 0 saturated carbocycles. The van der Waals surface area contributed by atoms with Gasteiger partial charge in [0.05, 0.1) is 0 Å². The predicted octanol–water partition coefficient (Wildman–Crippen LogP) is 2.05. The molecule has 10 heteroatoms. The molecule has 5 rings (SSSR count). The van der Waals surface area contributed by atoms with Gasteiger partial charge in [0.15, 0.2) is 0 Å². The summed E-state index contributed by atoms with van der Waals surface area (Å²) >= 11 is 0. The van der Waals surface area contributed by atoms with Crippen molar-refractivity contribution in [3.63, 3.8) is 0 Å². The summed E-state index contributed by atoms with van der Waals surface area (Å²) in [6.07, 6.45) is 13.7. The van der Waals surface area contributed by atoms with Crippen LogP contribution < -0.4 is 10.6 Å². The number of allylic oxidation sites excluding steroid dienone is 1. The van der Waals surface area contributed by atoms with Gasteiger partial charge in [-0.25, -0.2) is 0 Å². The normalized spacial score (nSPS) is 25.9. The summed E-state index contributed by atoms with van der Waals surface area (Å²) in [5.41, 5.74) is 0.869. The highest BCUT2D eigenvalue weighted by Crippen LogP contribution is 2.38. The number of aliphatic carboxylic acids is 1. The maximum Gasteiger partial charge on any atom is 0.300 e. The lowest BCUT2D eigenvalue weighted by atomic mass is 9.84. The van der Waals surface area contributed by atoms with Crippen molar-refractivity contribution in [2.75, 3.05) is 19.6 Å². The fraction of sp³-hybridized carbons (Fsp3) is 0.720. The number of amides is 2. The van der Waals surface area contributed by atoms with Crippen LogP contribution in [0.1, 0.15) is 87.6 Å². The monoisotopic (exact) mass is 486 g/mol. The standard InChI is InChI=1S/C23H34N6O2.C2H4O2/c30-21(20-27-26-19-10-4-6-13-29(19)20)25-18-14-23(11-5-7-12-28(23)16-18)22(31)24-15-17-8-2-1-3-9-17;1-2(3)4/h8,18H,1-7,9-16H2,(H,24,31)(H,25,30);1H3,(H,3,4)/t18-,23-;/m0./s1. The van der Waals surface area contributed by atoms with E-state index < -0.39 is 11.5 Å². The first-order valence-electron chi connectivity index (χ1n) is 13.0. The Labute approximate surface area is 206 Å². The van der Waals surface area contributed by atoms with E-state index in [1.165, 1.54) is 18.4 Å². The Morgan fingerprint density at radius 1 is 1.09 bits per heavy atom. The number of aryl methyl sites for hydroxylation is 1. The third kappa shape index (κ3) is 5.91. The molecule has 0 aromatic carbocycles. The Morgan fingerprint density at radius 3 is 2.63 bits per heavy atom. The van der Waals surface area contributed by atoms with E-state index in [0.717, 1.165) is 83.7 Å². The maximum absolute atomic E-state index is 13.4. The molecule has 0 unspecified atom stereocenters. The van der Waals surface area contributed by atoms with Gasteiger partial charge in [-0.05, 0) is 70.8 Å². The average Bonchev–Trinajstić information content (AvgIpc) is 3.45. The number of carbonyl (C=O) groups is 3. The van der Waals surface area contributed by atoms with E-state index in [9.17, 15) is 9.59 Å². The highest BCUT2D eigenvalue weighted by atomic mass is 16.4. The Kier molecular flexibility index (Phi) is 8.20. The molecule has 4 heterocycles. The van der Waals surface area contributed by atoms with Crippen LogP contribution >= 0.6 is 0 Å². The number of piperidine rings is 1. The molecule has 3 N–H and O–H groups in total. The van der Waals surface area contributed by atoms with Crippen LogP contribution in [0.3, 0.4) is 0 Å². The first-order chi connectivity index (χ1) is 16.9. The number of fused-ring (bicyclic) bond motifs is 2. The second-order valence-corrected chi connectivity index (χ2v) is 10.2. The first kappa shape index (κ1) is 25.3. The number of hydrogen-bond donors (Lipinski definition) is 3. The number of carbonyl (C=O) groups excluding carboxylic acids is 2. The summed E-state index contributed by atoms with van der Waals surface area (Å²) in [4.78, 5) is 37.7. The average molecular weight is 487 g/mol. The van der Waals surface area contributed by atoms with Crippen LogP contribution in [0.5, 0.6) is 0 Å². The van der Waals surface area contributed by atoms with Gasteiger partial charge >= 0.3 is 0 Å². The van der Waals surface area contributed by atoms with Gasteiger partial charge in [-0.2, -0.15) is 0 Å². The molecule has 0 spiro atoms. The molecule has 10 nitrogen and oxygen atoms in total. The number of nitrogens with zero attached hydrogens (tertiary/aromatic N) is 4. The molecule has 4 aliphatic rings.